The third-order valence-electron chi connectivity index (χ3n) is 4.38. The molecule has 0 aromatic heterocycles. The molecule has 0 radical (unpaired) electrons. The molecule has 0 unspecified atom stereocenters. The molecule has 1 aliphatic heterocycles. The summed E-state index contributed by atoms with van der Waals surface area (Å²) >= 11 is 6.25. The average Bonchev–Trinajstić information content (AvgIpc) is 2.75. The minimum atomic E-state index is 0.129. The number of rotatable bonds is 3. The van der Waals surface area contributed by atoms with Gasteiger partial charge in [0.2, 0.25) is 0 Å². The number of carbonyl (C=O) groups is 1. The molecule has 3 rings (SSSR count). The molecule has 114 valence electrons. The van der Waals surface area contributed by atoms with Gasteiger partial charge in [-0.25, -0.2) is 0 Å². The predicted octanol–water partition coefficient (Wildman–Crippen LogP) is 4.65. The van der Waals surface area contributed by atoms with Crippen LogP contribution in [0.1, 0.15) is 55.3 Å². The molecule has 0 amide bonds. The van der Waals surface area contributed by atoms with Crippen LogP contribution in [0.25, 0.3) is 0 Å². The number of ketones is 1. The zero-order valence-electron chi connectivity index (χ0n) is 12.2. The normalized spacial score (nSPS) is 19.1. The largest absolute Gasteiger partial charge is 0.486 e. The van der Waals surface area contributed by atoms with Crippen molar-refractivity contribution >= 4 is 17.4 Å². The number of hydrogen-bond acceptors (Lipinski definition) is 3. The Morgan fingerprint density at radius 2 is 1.67 bits per heavy atom. The van der Waals surface area contributed by atoms with Crippen molar-refractivity contribution in [2.45, 2.75) is 44.9 Å². The first-order valence-corrected chi connectivity index (χ1v) is 8.24. The highest BCUT2D eigenvalue weighted by Crippen LogP contribution is 2.36. The van der Waals surface area contributed by atoms with E-state index >= 15 is 0 Å². The van der Waals surface area contributed by atoms with E-state index in [0.717, 1.165) is 12.8 Å². The maximum absolute atomic E-state index is 12.6. The SMILES string of the molecule is O=C(CC1CCCCCC1)c1cc2c(cc1Cl)OCCO2. The van der Waals surface area contributed by atoms with E-state index in [4.69, 9.17) is 21.1 Å². The van der Waals surface area contributed by atoms with Crippen molar-refractivity contribution in [3.8, 4) is 11.5 Å². The Kier molecular flexibility index (Phi) is 4.69. The lowest BCUT2D eigenvalue weighted by atomic mass is 9.92. The van der Waals surface area contributed by atoms with E-state index < -0.39 is 0 Å². The van der Waals surface area contributed by atoms with Gasteiger partial charge in [-0.05, 0) is 12.0 Å². The summed E-state index contributed by atoms with van der Waals surface area (Å²) < 4.78 is 11.0. The highest BCUT2D eigenvalue weighted by Gasteiger charge is 2.22. The summed E-state index contributed by atoms with van der Waals surface area (Å²) in [7, 11) is 0. The Hall–Kier alpha value is -1.22. The van der Waals surface area contributed by atoms with E-state index in [1.54, 1.807) is 12.1 Å². The third kappa shape index (κ3) is 3.52. The van der Waals surface area contributed by atoms with Gasteiger partial charge >= 0.3 is 0 Å². The van der Waals surface area contributed by atoms with Gasteiger partial charge in [-0.2, -0.15) is 0 Å². The third-order valence-corrected chi connectivity index (χ3v) is 4.69. The Labute approximate surface area is 130 Å². The molecule has 1 heterocycles. The molecule has 1 aromatic carbocycles. The first-order valence-electron chi connectivity index (χ1n) is 7.86. The van der Waals surface area contributed by atoms with Crippen molar-refractivity contribution in [1.29, 1.82) is 0 Å². The van der Waals surface area contributed by atoms with E-state index in [1.165, 1.54) is 25.7 Å². The number of hydrogen-bond donors (Lipinski definition) is 0. The van der Waals surface area contributed by atoms with Crippen molar-refractivity contribution in [3.63, 3.8) is 0 Å². The van der Waals surface area contributed by atoms with Crippen LogP contribution in [0.5, 0.6) is 11.5 Å². The summed E-state index contributed by atoms with van der Waals surface area (Å²) in [4.78, 5) is 12.6. The number of benzene rings is 1. The van der Waals surface area contributed by atoms with Gasteiger partial charge < -0.3 is 9.47 Å². The van der Waals surface area contributed by atoms with Crippen LogP contribution >= 0.6 is 11.6 Å². The first-order chi connectivity index (χ1) is 10.2. The fourth-order valence-electron chi connectivity index (χ4n) is 3.22. The number of halogens is 1. The Balaban J connectivity index is 1.74. The summed E-state index contributed by atoms with van der Waals surface area (Å²) in [5, 5.41) is 0.470. The molecule has 3 nitrogen and oxygen atoms in total. The maximum Gasteiger partial charge on any atom is 0.164 e. The standard InChI is InChI=1S/C17H21ClO3/c18-14-11-17-16(20-7-8-21-17)10-13(14)15(19)9-12-5-3-1-2-4-6-12/h10-12H,1-9H2. The second kappa shape index (κ2) is 6.69. The lowest BCUT2D eigenvalue weighted by Gasteiger charge is -2.20. The molecular formula is C17H21ClO3. The van der Waals surface area contributed by atoms with Crippen LogP contribution in [0, 0.1) is 5.92 Å². The Bertz CT molecular complexity index is 519. The first kappa shape index (κ1) is 14.7. The molecule has 2 aliphatic rings. The van der Waals surface area contributed by atoms with Crippen molar-refractivity contribution in [1.82, 2.24) is 0 Å². The molecule has 0 N–H and O–H groups in total. The zero-order valence-corrected chi connectivity index (χ0v) is 13.0. The zero-order chi connectivity index (χ0) is 14.7. The predicted molar refractivity (Wildman–Crippen MR) is 82.6 cm³/mol. The van der Waals surface area contributed by atoms with Crippen LogP contribution in [0.2, 0.25) is 5.02 Å². The maximum atomic E-state index is 12.6. The van der Waals surface area contributed by atoms with Crippen LogP contribution in [0.4, 0.5) is 0 Å². The number of fused-ring (bicyclic) bond motifs is 1. The van der Waals surface area contributed by atoms with Crippen molar-refractivity contribution in [3.05, 3.63) is 22.7 Å². The van der Waals surface area contributed by atoms with Crippen LogP contribution in [0.15, 0.2) is 12.1 Å². The van der Waals surface area contributed by atoms with Gasteiger partial charge in [0, 0.05) is 18.1 Å². The molecule has 1 aliphatic carbocycles. The molecular weight excluding hydrogens is 288 g/mol. The smallest absolute Gasteiger partial charge is 0.164 e. The van der Waals surface area contributed by atoms with Crippen molar-refractivity contribution < 1.29 is 14.3 Å². The van der Waals surface area contributed by atoms with Gasteiger partial charge in [-0.3, -0.25) is 4.79 Å². The monoisotopic (exact) mass is 308 g/mol. The topological polar surface area (TPSA) is 35.5 Å². The van der Waals surface area contributed by atoms with Crippen LogP contribution in [-0.2, 0) is 0 Å². The molecule has 21 heavy (non-hydrogen) atoms. The molecule has 4 heteroatoms. The highest BCUT2D eigenvalue weighted by molar-refractivity contribution is 6.34. The summed E-state index contributed by atoms with van der Waals surface area (Å²) in [5.74, 6) is 1.90. The molecule has 1 saturated carbocycles. The second-order valence-corrected chi connectivity index (χ2v) is 6.37. The number of Topliss-reactive ketones (excluding diaryl/α,β-unsaturated/α-hetero) is 1. The van der Waals surface area contributed by atoms with Gasteiger partial charge in [0.25, 0.3) is 0 Å². The molecule has 0 saturated heterocycles. The van der Waals surface area contributed by atoms with E-state index in [1.807, 2.05) is 0 Å². The van der Waals surface area contributed by atoms with Gasteiger partial charge in [-0.1, -0.05) is 50.1 Å². The van der Waals surface area contributed by atoms with Gasteiger partial charge in [0.05, 0.1) is 5.02 Å². The van der Waals surface area contributed by atoms with Crippen molar-refractivity contribution in [2.75, 3.05) is 13.2 Å². The van der Waals surface area contributed by atoms with E-state index in [-0.39, 0.29) is 5.78 Å². The highest BCUT2D eigenvalue weighted by atomic mass is 35.5. The molecule has 0 spiro atoms. The summed E-state index contributed by atoms with van der Waals surface area (Å²) in [6.07, 6.45) is 8.01. The number of carbonyl (C=O) groups excluding carboxylic acids is 1. The van der Waals surface area contributed by atoms with Crippen molar-refractivity contribution in [2.24, 2.45) is 5.92 Å². The molecule has 0 atom stereocenters. The van der Waals surface area contributed by atoms with Gasteiger partial charge in [0.15, 0.2) is 17.3 Å². The van der Waals surface area contributed by atoms with E-state index in [2.05, 4.69) is 0 Å². The summed E-state index contributed by atoms with van der Waals surface area (Å²) in [6.45, 7) is 1.05. The van der Waals surface area contributed by atoms with Crippen LogP contribution in [-0.4, -0.2) is 19.0 Å². The summed E-state index contributed by atoms with van der Waals surface area (Å²) in [5.41, 5.74) is 0.574. The van der Waals surface area contributed by atoms with Crippen LogP contribution < -0.4 is 9.47 Å². The molecule has 0 bridgehead atoms. The lowest BCUT2D eigenvalue weighted by molar-refractivity contribution is 0.0956. The summed E-state index contributed by atoms with van der Waals surface area (Å²) in [6, 6.07) is 3.45. The minimum Gasteiger partial charge on any atom is -0.486 e. The average molecular weight is 309 g/mol. The fourth-order valence-corrected chi connectivity index (χ4v) is 3.48. The lowest BCUT2D eigenvalue weighted by Crippen LogP contribution is -2.16. The quantitative estimate of drug-likeness (QED) is 0.602. The minimum absolute atomic E-state index is 0.129. The second-order valence-electron chi connectivity index (χ2n) is 5.96. The Morgan fingerprint density at radius 3 is 2.33 bits per heavy atom. The van der Waals surface area contributed by atoms with Crippen LogP contribution in [0.3, 0.4) is 0 Å². The molecule has 1 aromatic rings. The Morgan fingerprint density at radius 1 is 1.05 bits per heavy atom. The van der Waals surface area contributed by atoms with E-state index in [9.17, 15) is 4.79 Å². The fraction of sp³-hybridized carbons (Fsp3) is 0.588. The molecule has 1 fully saturated rings. The number of ether oxygens (including phenoxy) is 2. The van der Waals surface area contributed by atoms with E-state index in [0.29, 0.717) is 47.6 Å². The van der Waals surface area contributed by atoms with Gasteiger partial charge in [-0.15, -0.1) is 0 Å². The van der Waals surface area contributed by atoms with Gasteiger partial charge in [0.1, 0.15) is 13.2 Å².